The molecule has 0 saturated heterocycles. The number of methoxy groups -OCH3 is 1. The first-order chi connectivity index (χ1) is 8.26. The van der Waals surface area contributed by atoms with Crippen LogP contribution in [-0.2, 0) is 8.98 Å². The molecule has 3 nitrogen and oxygen atoms in total. The van der Waals surface area contributed by atoms with Crippen LogP contribution in [0.15, 0.2) is 29.2 Å². The zero-order chi connectivity index (χ0) is 12.5. The summed E-state index contributed by atoms with van der Waals surface area (Å²) in [6.07, 6.45) is 3.56. The van der Waals surface area contributed by atoms with Crippen LogP contribution in [0, 0.1) is 0 Å². The quantitative estimate of drug-likeness (QED) is 0.547. The van der Waals surface area contributed by atoms with Crippen molar-refractivity contribution in [3.63, 3.8) is 0 Å². The molecule has 1 aromatic rings. The summed E-state index contributed by atoms with van der Waals surface area (Å²) in [5.41, 5.74) is 0. The fourth-order valence-corrected chi connectivity index (χ4v) is 1.88. The van der Waals surface area contributed by atoms with Crippen LogP contribution in [0.5, 0.6) is 5.75 Å². The van der Waals surface area contributed by atoms with Crippen LogP contribution in [0.25, 0.3) is 0 Å². The Morgan fingerprint density at radius 1 is 1.35 bits per heavy atom. The van der Waals surface area contributed by atoms with Crippen molar-refractivity contribution in [2.75, 3.05) is 7.11 Å². The summed E-state index contributed by atoms with van der Waals surface area (Å²) >= 11 is 1.09. The number of unbranched alkanes of at least 4 members (excludes halogenated alkanes) is 2. The van der Waals surface area contributed by atoms with E-state index in [4.69, 9.17) is 8.92 Å². The van der Waals surface area contributed by atoms with E-state index < -0.39 is 0 Å². The molecule has 0 unspecified atom stereocenters. The lowest BCUT2D eigenvalue weighted by molar-refractivity contribution is -0.133. The van der Waals surface area contributed by atoms with Crippen molar-refractivity contribution < 1.29 is 13.7 Å². The number of benzene rings is 1. The first-order valence-electron chi connectivity index (χ1n) is 5.77. The molecule has 1 rings (SSSR count). The normalized spacial score (nSPS) is 10.0. The molecule has 0 saturated carbocycles. The van der Waals surface area contributed by atoms with Gasteiger partial charge in [-0.25, -0.2) is 0 Å². The summed E-state index contributed by atoms with van der Waals surface area (Å²) in [7, 11) is 1.61. The van der Waals surface area contributed by atoms with Gasteiger partial charge in [-0.3, -0.25) is 4.79 Å². The highest BCUT2D eigenvalue weighted by molar-refractivity contribution is 7.95. The maximum Gasteiger partial charge on any atom is 0.318 e. The summed E-state index contributed by atoms with van der Waals surface area (Å²) in [5, 5.41) is 0. The van der Waals surface area contributed by atoms with Crippen LogP contribution in [0.4, 0.5) is 0 Å². The van der Waals surface area contributed by atoms with E-state index in [-0.39, 0.29) is 5.97 Å². The smallest absolute Gasteiger partial charge is 0.318 e. The van der Waals surface area contributed by atoms with Crippen LogP contribution in [0.1, 0.15) is 32.6 Å². The average molecular weight is 254 g/mol. The number of rotatable bonds is 7. The van der Waals surface area contributed by atoms with Crippen molar-refractivity contribution >= 4 is 18.0 Å². The van der Waals surface area contributed by atoms with Gasteiger partial charge in [-0.15, -0.1) is 0 Å². The van der Waals surface area contributed by atoms with E-state index in [2.05, 4.69) is 6.92 Å². The van der Waals surface area contributed by atoms with Gasteiger partial charge in [-0.05, 0) is 24.6 Å². The van der Waals surface area contributed by atoms with Gasteiger partial charge >= 0.3 is 5.97 Å². The number of hydrogen-bond donors (Lipinski definition) is 0. The Morgan fingerprint density at radius 2 is 2.18 bits per heavy atom. The monoisotopic (exact) mass is 254 g/mol. The molecule has 0 aliphatic rings. The van der Waals surface area contributed by atoms with Gasteiger partial charge in [0.15, 0.2) is 0 Å². The third kappa shape index (κ3) is 5.63. The second kappa shape index (κ2) is 8.01. The van der Waals surface area contributed by atoms with Gasteiger partial charge in [0.05, 0.1) is 24.0 Å². The Balaban J connectivity index is 2.31. The highest BCUT2D eigenvalue weighted by Crippen LogP contribution is 2.24. The van der Waals surface area contributed by atoms with E-state index >= 15 is 0 Å². The summed E-state index contributed by atoms with van der Waals surface area (Å²) < 4.78 is 10.2. The zero-order valence-electron chi connectivity index (χ0n) is 10.3. The van der Waals surface area contributed by atoms with E-state index in [0.717, 1.165) is 42.0 Å². The molecule has 0 aliphatic carbocycles. The molecule has 0 atom stereocenters. The molecule has 0 spiro atoms. The highest BCUT2D eigenvalue weighted by atomic mass is 32.2. The van der Waals surface area contributed by atoms with Gasteiger partial charge in [-0.2, -0.15) is 0 Å². The van der Waals surface area contributed by atoms with Gasteiger partial charge in [0.2, 0.25) is 0 Å². The third-order valence-corrected chi connectivity index (χ3v) is 2.97. The van der Waals surface area contributed by atoms with Crippen molar-refractivity contribution in [3.05, 3.63) is 24.3 Å². The van der Waals surface area contributed by atoms with Crippen molar-refractivity contribution in [3.8, 4) is 5.75 Å². The number of ether oxygens (including phenoxy) is 1. The number of hydrogen-bond acceptors (Lipinski definition) is 4. The molecule has 0 aromatic heterocycles. The Bertz CT molecular complexity index is 352. The van der Waals surface area contributed by atoms with E-state index in [9.17, 15) is 4.79 Å². The molecule has 0 amide bonds. The Kier molecular flexibility index (Phi) is 6.55. The molecule has 94 valence electrons. The Labute approximate surface area is 107 Å². The first-order valence-corrected chi connectivity index (χ1v) is 6.52. The minimum absolute atomic E-state index is 0.161. The summed E-state index contributed by atoms with van der Waals surface area (Å²) in [6.45, 7) is 2.11. The second-order valence-corrected chi connectivity index (χ2v) is 4.48. The van der Waals surface area contributed by atoms with Gasteiger partial charge in [0.25, 0.3) is 0 Å². The van der Waals surface area contributed by atoms with E-state index in [1.807, 2.05) is 24.3 Å². The molecule has 0 radical (unpaired) electrons. The topological polar surface area (TPSA) is 35.5 Å². The van der Waals surface area contributed by atoms with Crippen LogP contribution in [0.3, 0.4) is 0 Å². The standard InChI is InChI=1S/C13H18O3S/c1-3-4-5-9-13(14)16-17-12-8-6-7-11(10-12)15-2/h6-8,10H,3-5,9H2,1-2H3. The van der Waals surface area contributed by atoms with Gasteiger partial charge < -0.3 is 8.92 Å². The fraction of sp³-hybridized carbons (Fsp3) is 0.462. The van der Waals surface area contributed by atoms with E-state index in [1.165, 1.54) is 0 Å². The lowest BCUT2D eigenvalue weighted by Crippen LogP contribution is -1.98. The highest BCUT2D eigenvalue weighted by Gasteiger charge is 2.05. The molecule has 0 fully saturated rings. The van der Waals surface area contributed by atoms with Crippen LogP contribution in [0.2, 0.25) is 0 Å². The summed E-state index contributed by atoms with van der Waals surface area (Å²) in [6, 6.07) is 7.44. The molecular weight excluding hydrogens is 236 g/mol. The van der Waals surface area contributed by atoms with E-state index in [0.29, 0.717) is 6.42 Å². The minimum atomic E-state index is -0.161. The van der Waals surface area contributed by atoms with Gasteiger partial charge in [0.1, 0.15) is 5.75 Å². The molecule has 0 heterocycles. The molecule has 0 N–H and O–H groups in total. The predicted octanol–water partition coefficient (Wildman–Crippen LogP) is 3.83. The van der Waals surface area contributed by atoms with Crippen molar-refractivity contribution in [1.29, 1.82) is 0 Å². The lowest BCUT2D eigenvalue weighted by atomic mass is 10.2. The lowest BCUT2D eigenvalue weighted by Gasteiger charge is -2.04. The largest absolute Gasteiger partial charge is 0.497 e. The third-order valence-electron chi connectivity index (χ3n) is 2.26. The van der Waals surface area contributed by atoms with Crippen molar-refractivity contribution in [2.45, 2.75) is 37.5 Å². The molecule has 1 aromatic carbocycles. The van der Waals surface area contributed by atoms with Crippen molar-refractivity contribution in [2.24, 2.45) is 0 Å². The molecule has 0 aliphatic heterocycles. The average Bonchev–Trinajstić information content (AvgIpc) is 2.37. The number of carbonyl (C=O) groups is 1. The van der Waals surface area contributed by atoms with Gasteiger partial charge in [-0.1, -0.05) is 25.8 Å². The molecule has 17 heavy (non-hydrogen) atoms. The van der Waals surface area contributed by atoms with Gasteiger partial charge in [0, 0.05) is 6.42 Å². The van der Waals surface area contributed by atoms with E-state index in [1.54, 1.807) is 7.11 Å². The maximum atomic E-state index is 11.4. The summed E-state index contributed by atoms with van der Waals surface area (Å²) in [5.74, 6) is 0.600. The SMILES string of the molecule is CCCCCC(=O)OSc1cccc(OC)c1. The molecule has 0 bridgehead atoms. The van der Waals surface area contributed by atoms with Crippen LogP contribution >= 0.6 is 12.0 Å². The van der Waals surface area contributed by atoms with Crippen LogP contribution in [-0.4, -0.2) is 13.1 Å². The number of carbonyl (C=O) groups excluding carboxylic acids is 1. The molecule has 4 heteroatoms. The minimum Gasteiger partial charge on any atom is -0.497 e. The zero-order valence-corrected chi connectivity index (χ0v) is 11.1. The second-order valence-electron chi connectivity index (χ2n) is 3.67. The Morgan fingerprint density at radius 3 is 2.88 bits per heavy atom. The summed E-state index contributed by atoms with van der Waals surface area (Å²) in [4.78, 5) is 12.2. The Hall–Kier alpha value is -1.16. The predicted molar refractivity (Wildman–Crippen MR) is 69.1 cm³/mol. The maximum absolute atomic E-state index is 11.4. The van der Waals surface area contributed by atoms with Crippen LogP contribution < -0.4 is 4.74 Å². The first kappa shape index (κ1) is 13.9. The fourth-order valence-electron chi connectivity index (χ4n) is 1.31. The molecular formula is C13H18O3S. The van der Waals surface area contributed by atoms with Crippen molar-refractivity contribution in [1.82, 2.24) is 0 Å².